The molecule has 0 unspecified atom stereocenters. The minimum Gasteiger partial charge on any atom is -0.497 e. The van der Waals surface area contributed by atoms with Gasteiger partial charge < -0.3 is 14.5 Å². The van der Waals surface area contributed by atoms with Gasteiger partial charge in [-0.2, -0.15) is 5.10 Å². The molecule has 5 heteroatoms. The Balaban J connectivity index is 1.63. The number of anilines is 2. The van der Waals surface area contributed by atoms with Gasteiger partial charge in [-0.05, 0) is 36.4 Å². The molecule has 1 aliphatic rings. The summed E-state index contributed by atoms with van der Waals surface area (Å²) in [5, 5.41) is 8.10. The van der Waals surface area contributed by atoms with Crippen LogP contribution in [0.2, 0.25) is 0 Å². The molecular formula is C15H18N4O. The maximum atomic E-state index is 5.19. The monoisotopic (exact) mass is 270 g/mol. The largest absolute Gasteiger partial charge is 0.497 e. The lowest BCUT2D eigenvalue weighted by Gasteiger charge is -2.36. The third-order valence-corrected chi connectivity index (χ3v) is 3.60. The third-order valence-electron chi connectivity index (χ3n) is 3.60. The van der Waals surface area contributed by atoms with Crippen molar-refractivity contribution in [2.45, 2.75) is 0 Å². The fraction of sp³-hybridized carbons (Fsp3) is 0.333. The molecule has 1 saturated heterocycles. The van der Waals surface area contributed by atoms with Crippen LogP contribution in [0.5, 0.6) is 5.75 Å². The number of benzene rings is 1. The highest BCUT2D eigenvalue weighted by Gasteiger charge is 2.18. The van der Waals surface area contributed by atoms with E-state index in [0.717, 1.165) is 37.7 Å². The van der Waals surface area contributed by atoms with Gasteiger partial charge in [0, 0.05) is 38.1 Å². The van der Waals surface area contributed by atoms with Gasteiger partial charge in [0.15, 0.2) is 5.82 Å². The number of methoxy groups -OCH3 is 1. The molecule has 20 heavy (non-hydrogen) atoms. The number of piperazine rings is 1. The van der Waals surface area contributed by atoms with Gasteiger partial charge in [0.05, 0.1) is 7.11 Å². The summed E-state index contributed by atoms with van der Waals surface area (Å²) in [6.45, 7) is 3.90. The van der Waals surface area contributed by atoms with Crippen molar-refractivity contribution >= 4 is 11.5 Å². The Morgan fingerprint density at radius 3 is 2.25 bits per heavy atom. The van der Waals surface area contributed by atoms with Crippen LogP contribution in [0.3, 0.4) is 0 Å². The van der Waals surface area contributed by atoms with E-state index in [1.54, 1.807) is 13.3 Å². The highest BCUT2D eigenvalue weighted by Crippen LogP contribution is 2.21. The average Bonchev–Trinajstić information content (AvgIpc) is 2.56. The molecule has 1 fully saturated rings. The van der Waals surface area contributed by atoms with Crippen LogP contribution in [-0.2, 0) is 0 Å². The molecule has 1 aliphatic heterocycles. The van der Waals surface area contributed by atoms with E-state index >= 15 is 0 Å². The first-order valence-corrected chi connectivity index (χ1v) is 6.78. The first kappa shape index (κ1) is 12.7. The Labute approximate surface area is 118 Å². The van der Waals surface area contributed by atoms with Crippen LogP contribution < -0.4 is 14.5 Å². The molecule has 0 N–H and O–H groups in total. The van der Waals surface area contributed by atoms with Gasteiger partial charge in [-0.1, -0.05) is 0 Å². The van der Waals surface area contributed by atoms with E-state index in [0.29, 0.717) is 0 Å². The van der Waals surface area contributed by atoms with Crippen molar-refractivity contribution in [2.24, 2.45) is 0 Å². The zero-order valence-corrected chi connectivity index (χ0v) is 11.6. The molecule has 2 aromatic rings. The SMILES string of the molecule is COc1ccc(N2CCN(c3cccnn3)CC2)cc1. The Kier molecular flexibility index (Phi) is 3.67. The van der Waals surface area contributed by atoms with Crippen molar-refractivity contribution in [3.05, 3.63) is 42.6 Å². The van der Waals surface area contributed by atoms with Crippen LogP contribution in [-0.4, -0.2) is 43.5 Å². The second kappa shape index (κ2) is 5.77. The summed E-state index contributed by atoms with van der Waals surface area (Å²) >= 11 is 0. The fourth-order valence-electron chi connectivity index (χ4n) is 2.45. The number of rotatable bonds is 3. The number of ether oxygens (including phenoxy) is 1. The minimum atomic E-state index is 0.895. The first-order chi connectivity index (χ1) is 9.86. The molecule has 0 spiro atoms. The van der Waals surface area contributed by atoms with E-state index in [1.807, 2.05) is 24.3 Å². The molecule has 1 aromatic carbocycles. The standard InChI is InChI=1S/C15H18N4O/c1-20-14-6-4-13(5-7-14)18-9-11-19(12-10-18)15-3-2-8-16-17-15/h2-8H,9-12H2,1H3. The van der Waals surface area contributed by atoms with Gasteiger partial charge >= 0.3 is 0 Å². The summed E-state index contributed by atoms with van der Waals surface area (Å²) in [6.07, 6.45) is 1.71. The number of hydrogen-bond donors (Lipinski definition) is 0. The number of aromatic nitrogens is 2. The van der Waals surface area contributed by atoms with Crippen LogP contribution >= 0.6 is 0 Å². The number of hydrogen-bond acceptors (Lipinski definition) is 5. The lowest BCUT2D eigenvalue weighted by molar-refractivity contribution is 0.415. The van der Waals surface area contributed by atoms with E-state index in [4.69, 9.17) is 4.74 Å². The summed E-state index contributed by atoms with van der Waals surface area (Å²) in [6, 6.07) is 12.2. The molecular weight excluding hydrogens is 252 g/mol. The van der Waals surface area contributed by atoms with Crippen molar-refractivity contribution < 1.29 is 4.74 Å². The van der Waals surface area contributed by atoms with Gasteiger partial charge in [0.1, 0.15) is 5.75 Å². The van der Waals surface area contributed by atoms with Crippen molar-refractivity contribution in [3.8, 4) is 5.75 Å². The molecule has 0 bridgehead atoms. The van der Waals surface area contributed by atoms with Gasteiger partial charge in [-0.15, -0.1) is 5.10 Å². The highest BCUT2D eigenvalue weighted by atomic mass is 16.5. The zero-order chi connectivity index (χ0) is 13.8. The predicted octanol–water partition coefficient (Wildman–Crippen LogP) is 1.81. The highest BCUT2D eigenvalue weighted by molar-refractivity contribution is 5.51. The van der Waals surface area contributed by atoms with Gasteiger partial charge in [0.2, 0.25) is 0 Å². The van der Waals surface area contributed by atoms with Crippen LogP contribution in [0, 0.1) is 0 Å². The second-order valence-electron chi connectivity index (χ2n) is 4.75. The summed E-state index contributed by atoms with van der Waals surface area (Å²) in [5.41, 5.74) is 1.24. The summed E-state index contributed by atoms with van der Waals surface area (Å²) < 4.78 is 5.19. The summed E-state index contributed by atoms with van der Waals surface area (Å²) in [5.74, 6) is 1.86. The van der Waals surface area contributed by atoms with Crippen molar-refractivity contribution in [2.75, 3.05) is 43.1 Å². The predicted molar refractivity (Wildman–Crippen MR) is 79.5 cm³/mol. The van der Waals surface area contributed by atoms with Crippen LogP contribution in [0.15, 0.2) is 42.6 Å². The minimum absolute atomic E-state index is 0.895. The Morgan fingerprint density at radius 2 is 1.65 bits per heavy atom. The lowest BCUT2D eigenvalue weighted by atomic mass is 10.2. The molecule has 0 aliphatic carbocycles. The van der Waals surface area contributed by atoms with Crippen LogP contribution in [0.4, 0.5) is 11.5 Å². The third kappa shape index (κ3) is 2.66. The Morgan fingerprint density at radius 1 is 0.950 bits per heavy atom. The quantitative estimate of drug-likeness (QED) is 0.851. The summed E-state index contributed by atoms with van der Waals surface area (Å²) in [7, 11) is 1.69. The smallest absolute Gasteiger partial charge is 0.151 e. The Hall–Kier alpha value is -2.30. The van der Waals surface area contributed by atoms with Gasteiger partial charge in [-0.25, -0.2) is 0 Å². The van der Waals surface area contributed by atoms with E-state index in [-0.39, 0.29) is 0 Å². The van der Waals surface area contributed by atoms with Gasteiger partial charge in [0.25, 0.3) is 0 Å². The van der Waals surface area contributed by atoms with Crippen LogP contribution in [0.1, 0.15) is 0 Å². The molecule has 0 atom stereocenters. The van der Waals surface area contributed by atoms with E-state index < -0.39 is 0 Å². The molecule has 0 radical (unpaired) electrons. The second-order valence-corrected chi connectivity index (χ2v) is 4.75. The van der Waals surface area contributed by atoms with Gasteiger partial charge in [-0.3, -0.25) is 0 Å². The normalized spacial score (nSPS) is 15.2. The van der Waals surface area contributed by atoms with Crippen molar-refractivity contribution in [1.82, 2.24) is 10.2 Å². The first-order valence-electron chi connectivity index (χ1n) is 6.78. The molecule has 1 aromatic heterocycles. The van der Waals surface area contributed by atoms with Crippen molar-refractivity contribution in [3.63, 3.8) is 0 Å². The molecule has 104 valence electrons. The van der Waals surface area contributed by atoms with E-state index in [2.05, 4.69) is 32.1 Å². The molecule has 0 amide bonds. The Bertz CT molecular complexity index is 536. The van der Waals surface area contributed by atoms with Crippen molar-refractivity contribution in [1.29, 1.82) is 0 Å². The van der Waals surface area contributed by atoms with E-state index in [1.165, 1.54) is 5.69 Å². The maximum Gasteiger partial charge on any atom is 0.151 e. The molecule has 5 nitrogen and oxygen atoms in total. The van der Waals surface area contributed by atoms with E-state index in [9.17, 15) is 0 Å². The lowest BCUT2D eigenvalue weighted by Crippen LogP contribution is -2.46. The zero-order valence-electron chi connectivity index (χ0n) is 11.6. The summed E-state index contributed by atoms with van der Waals surface area (Å²) in [4.78, 5) is 4.65. The molecule has 0 saturated carbocycles. The van der Waals surface area contributed by atoms with Crippen LogP contribution in [0.25, 0.3) is 0 Å². The topological polar surface area (TPSA) is 41.5 Å². The molecule has 3 rings (SSSR count). The maximum absolute atomic E-state index is 5.19. The average molecular weight is 270 g/mol. The molecule has 2 heterocycles. The fourth-order valence-corrected chi connectivity index (χ4v) is 2.45. The number of nitrogens with zero attached hydrogens (tertiary/aromatic N) is 4.